The third-order valence-electron chi connectivity index (χ3n) is 4.76. The lowest BCUT2D eigenvalue weighted by atomic mass is 10.2. The van der Waals surface area contributed by atoms with Crippen molar-refractivity contribution < 1.29 is 17.6 Å². The molecule has 2 heterocycles. The number of hydrogen-bond acceptors (Lipinski definition) is 6. The second kappa shape index (κ2) is 8.41. The first-order chi connectivity index (χ1) is 14.4. The summed E-state index contributed by atoms with van der Waals surface area (Å²) in [5.74, 6) is -0.559. The van der Waals surface area contributed by atoms with E-state index in [0.29, 0.717) is 31.9 Å². The number of nitrogens with zero attached hydrogens (tertiary/aromatic N) is 3. The monoisotopic (exact) mass is 446 g/mol. The summed E-state index contributed by atoms with van der Waals surface area (Å²) in [5.41, 5.74) is 0.709. The number of amides is 1. The van der Waals surface area contributed by atoms with Gasteiger partial charge in [-0.25, -0.2) is 17.8 Å². The van der Waals surface area contributed by atoms with Gasteiger partial charge in [-0.2, -0.15) is 0 Å². The first kappa shape index (κ1) is 20.3. The molecule has 1 aromatic heterocycles. The number of carbonyl (C=O) groups is 1. The van der Waals surface area contributed by atoms with Crippen LogP contribution in [0.25, 0.3) is 0 Å². The molecule has 30 heavy (non-hydrogen) atoms. The van der Waals surface area contributed by atoms with Gasteiger partial charge < -0.3 is 9.80 Å². The molecule has 1 N–H and O–H groups in total. The summed E-state index contributed by atoms with van der Waals surface area (Å²) >= 11 is 1.05. The molecule has 1 amide bonds. The Morgan fingerprint density at radius 1 is 1.00 bits per heavy atom. The maximum atomic E-state index is 14.0. The Morgan fingerprint density at radius 2 is 1.67 bits per heavy atom. The molecule has 1 aliphatic heterocycles. The maximum absolute atomic E-state index is 14.0. The zero-order valence-electron chi connectivity index (χ0n) is 15.9. The van der Waals surface area contributed by atoms with Crippen molar-refractivity contribution in [3.8, 4) is 0 Å². The van der Waals surface area contributed by atoms with Crippen molar-refractivity contribution in [3.05, 3.63) is 71.5 Å². The van der Waals surface area contributed by atoms with Crippen LogP contribution in [0, 0.1) is 5.82 Å². The van der Waals surface area contributed by atoms with Crippen LogP contribution in [0.15, 0.2) is 64.9 Å². The molecule has 3 aromatic rings. The number of piperazine rings is 1. The van der Waals surface area contributed by atoms with E-state index in [0.717, 1.165) is 11.3 Å². The first-order valence-corrected chi connectivity index (χ1v) is 11.6. The average Bonchev–Trinajstić information content (AvgIpc) is 3.22. The molecule has 0 unspecified atom stereocenters. The third kappa shape index (κ3) is 4.29. The molecule has 0 aliphatic carbocycles. The molecule has 0 saturated carbocycles. The van der Waals surface area contributed by atoms with Crippen LogP contribution in [0.1, 0.15) is 10.5 Å². The predicted molar refractivity (Wildman–Crippen MR) is 114 cm³/mol. The van der Waals surface area contributed by atoms with Crippen molar-refractivity contribution in [3.63, 3.8) is 0 Å². The Bertz CT molecular complexity index is 1140. The van der Waals surface area contributed by atoms with E-state index in [2.05, 4.69) is 9.71 Å². The molecule has 4 rings (SSSR count). The standard InChI is InChI=1S/C20H19FN4O3S2/c21-16-8-4-5-9-18(16)24-10-12-25(13-11-24)19(26)17-14-29-20(22-17)23-30(27,28)15-6-2-1-3-7-15/h1-9,14H,10-13H2,(H,22,23). The number of rotatable bonds is 5. The number of para-hydroxylation sites is 1. The van der Waals surface area contributed by atoms with Gasteiger partial charge in [0.25, 0.3) is 15.9 Å². The highest BCUT2D eigenvalue weighted by Gasteiger charge is 2.25. The Kier molecular flexibility index (Phi) is 5.69. The summed E-state index contributed by atoms with van der Waals surface area (Å²) in [6.45, 7) is 1.86. The van der Waals surface area contributed by atoms with Crippen LogP contribution in [-0.2, 0) is 10.0 Å². The highest BCUT2D eigenvalue weighted by atomic mass is 32.2. The number of sulfonamides is 1. The molecule has 1 saturated heterocycles. The average molecular weight is 447 g/mol. The number of benzene rings is 2. The van der Waals surface area contributed by atoms with E-state index in [4.69, 9.17) is 0 Å². The van der Waals surface area contributed by atoms with E-state index < -0.39 is 10.0 Å². The Balaban J connectivity index is 1.40. The predicted octanol–water partition coefficient (Wildman–Crippen LogP) is 3.05. The van der Waals surface area contributed by atoms with E-state index in [1.807, 2.05) is 4.90 Å². The van der Waals surface area contributed by atoms with Gasteiger partial charge in [0, 0.05) is 31.6 Å². The molecule has 156 valence electrons. The molecule has 0 atom stereocenters. The lowest BCUT2D eigenvalue weighted by Gasteiger charge is -2.35. The minimum Gasteiger partial charge on any atom is -0.366 e. The highest BCUT2D eigenvalue weighted by Crippen LogP contribution is 2.23. The molecule has 2 aromatic carbocycles. The first-order valence-electron chi connectivity index (χ1n) is 9.26. The van der Waals surface area contributed by atoms with Crippen LogP contribution in [0.4, 0.5) is 15.2 Å². The third-order valence-corrected chi connectivity index (χ3v) is 7.00. The zero-order chi connectivity index (χ0) is 21.1. The second-order valence-corrected chi connectivity index (χ2v) is 9.23. The molecule has 7 nitrogen and oxygen atoms in total. The molecular formula is C20H19FN4O3S2. The number of thiazole rings is 1. The van der Waals surface area contributed by atoms with Gasteiger partial charge in [-0.3, -0.25) is 9.52 Å². The molecule has 10 heteroatoms. The Hall–Kier alpha value is -2.98. The topological polar surface area (TPSA) is 82.6 Å². The number of nitrogens with one attached hydrogen (secondary N) is 1. The lowest BCUT2D eigenvalue weighted by molar-refractivity contribution is 0.0741. The van der Waals surface area contributed by atoms with Gasteiger partial charge in [0.2, 0.25) is 0 Å². The number of hydrogen-bond donors (Lipinski definition) is 1. The zero-order valence-corrected chi connectivity index (χ0v) is 17.5. The summed E-state index contributed by atoms with van der Waals surface area (Å²) in [6, 6.07) is 14.5. The fraction of sp³-hybridized carbons (Fsp3) is 0.200. The van der Waals surface area contributed by atoms with Gasteiger partial charge in [-0.05, 0) is 24.3 Å². The number of carbonyl (C=O) groups excluding carboxylic acids is 1. The quantitative estimate of drug-likeness (QED) is 0.651. The van der Waals surface area contributed by atoms with E-state index in [1.54, 1.807) is 41.3 Å². The lowest BCUT2D eigenvalue weighted by Crippen LogP contribution is -2.49. The fourth-order valence-corrected chi connectivity index (χ4v) is 5.17. The smallest absolute Gasteiger partial charge is 0.273 e. The molecule has 0 bridgehead atoms. The normalized spacial score (nSPS) is 14.6. The van der Waals surface area contributed by atoms with Crippen LogP contribution >= 0.6 is 11.3 Å². The minimum atomic E-state index is -3.76. The SMILES string of the molecule is O=C(c1csc(NS(=O)(=O)c2ccccc2)n1)N1CCN(c2ccccc2F)CC1. The van der Waals surface area contributed by atoms with Crippen molar-refractivity contribution >= 4 is 38.1 Å². The summed E-state index contributed by atoms with van der Waals surface area (Å²) in [5, 5.41) is 1.67. The highest BCUT2D eigenvalue weighted by molar-refractivity contribution is 7.93. The van der Waals surface area contributed by atoms with E-state index in [9.17, 15) is 17.6 Å². The van der Waals surface area contributed by atoms with Gasteiger partial charge in [0.05, 0.1) is 10.6 Å². The fourth-order valence-electron chi connectivity index (χ4n) is 3.21. The van der Waals surface area contributed by atoms with Crippen LogP contribution in [0.3, 0.4) is 0 Å². The van der Waals surface area contributed by atoms with Crippen molar-refractivity contribution in [1.29, 1.82) is 0 Å². The largest absolute Gasteiger partial charge is 0.366 e. The molecule has 1 aliphatic rings. The molecule has 1 fully saturated rings. The number of halogens is 1. The van der Waals surface area contributed by atoms with E-state index in [1.165, 1.54) is 23.6 Å². The summed E-state index contributed by atoms with van der Waals surface area (Å²) in [4.78, 5) is 20.6. The number of aromatic nitrogens is 1. The maximum Gasteiger partial charge on any atom is 0.273 e. The van der Waals surface area contributed by atoms with Gasteiger partial charge in [0.15, 0.2) is 5.13 Å². The van der Waals surface area contributed by atoms with E-state index >= 15 is 0 Å². The summed E-state index contributed by atoms with van der Waals surface area (Å²) in [6.07, 6.45) is 0. The van der Waals surface area contributed by atoms with Gasteiger partial charge in [0.1, 0.15) is 11.5 Å². The molecule has 0 radical (unpaired) electrons. The summed E-state index contributed by atoms with van der Waals surface area (Å²) in [7, 11) is -3.76. The van der Waals surface area contributed by atoms with Crippen LogP contribution in [0.2, 0.25) is 0 Å². The molecule has 0 spiro atoms. The van der Waals surface area contributed by atoms with Crippen molar-refractivity contribution in [2.45, 2.75) is 4.90 Å². The van der Waals surface area contributed by atoms with Gasteiger partial charge in [-0.1, -0.05) is 30.3 Å². The Labute approximate surface area is 177 Å². The van der Waals surface area contributed by atoms with E-state index in [-0.39, 0.29) is 27.4 Å². The minimum absolute atomic E-state index is 0.123. The van der Waals surface area contributed by atoms with Crippen LogP contribution in [-0.4, -0.2) is 50.4 Å². The van der Waals surface area contributed by atoms with Crippen molar-refractivity contribution in [2.75, 3.05) is 35.8 Å². The van der Waals surface area contributed by atoms with Crippen LogP contribution in [0.5, 0.6) is 0 Å². The second-order valence-electron chi connectivity index (χ2n) is 6.69. The van der Waals surface area contributed by atoms with Gasteiger partial charge >= 0.3 is 0 Å². The number of anilines is 2. The van der Waals surface area contributed by atoms with Crippen molar-refractivity contribution in [2.24, 2.45) is 0 Å². The van der Waals surface area contributed by atoms with Crippen LogP contribution < -0.4 is 9.62 Å². The van der Waals surface area contributed by atoms with Gasteiger partial charge in [-0.15, -0.1) is 11.3 Å². The van der Waals surface area contributed by atoms with Crippen molar-refractivity contribution in [1.82, 2.24) is 9.88 Å². The molecular weight excluding hydrogens is 427 g/mol. The Morgan fingerprint density at radius 3 is 2.37 bits per heavy atom. The summed E-state index contributed by atoms with van der Waals surface area (Å²) < 4.78 is 41.2.